The summed E-state index contributed by atoms with van der Waals surface area (Å²) < 4.78 is 24.7. The zero-order chi connectivity index (χ0) is 25.3. The summed E-state index contributed by atoms with van der Waals surface area (Å²) in [5.41, 5.74) is 5.12. The summed E-state index contributed by atoms with van der Waals surface area (Å²) in [6.07, 6.45) is 0.346. The first-order chi connectivity index (χ1) is 14.9. The highest BCUT2D eigenvalue weighted by molar-refractivity contribution is 5.79. The van der Waals surface area contributed by atoms with E-state index in [4.69, 9.17) is 21.1 Å². The largest absolute Gasteiger partial charge is 0.481 e. The van der Waals surface area contributed by atoms with Crippen molar-refractivity contribution in [2.24, 2.45) is 17.6 Å². The van der Waals surface area contributed by atoms with E-state index in [0.29, 0.717) is 31.9 Å². The number of rotatable bonds is 16. The molecule has 0 heterocycles. The summed E-state index contributed by atoms with van der Waals surface area (Å²) in [6.45, 7) is 5.49. The van der Waals surface area contributed by atoms with Gasteiger partial charge in [-0.3, -0.25) is 19.2 Å². The van der Waals surface area contributed by atoms with E-state index < -0.39 is 53.8 Å². The Hall–Kier alpha value is -2.60. The highest BCUT2D eigenvalue weighted by Crippen LogP contribution is 2.20. The average Bonchev–Trinajstić information content (AvgIpc) is 2.67. The molecule has 10 nitrogen and oxygen atoms in total. The molecule has 0 radical (unpaired) electrons. The van der Waals surface area contributed by atoms with Gasteiger partial charge in [0.2, 0.25) is 5.91 Å². The molecule has 12 heteroatoms. The SMILES string of the molecule is CC[C@H](NCC(C=C(F)F)[C@@H](CC)C(=O)O)C(N)=O.CC[C@H](NCCCC(=O)O)C(=O)O. The number of hydrogen-bond acceptors (Lipinski definition) is 6. The standard InChI is InChI=1S/C12H20F2N2O3.C8H15NO4/c1-3-8(12(18)19)7(5-10(13)14)6-16-9(4-2)11(15)17;1-2-6(8(12)13)9-5-3-4-7(10)11/h5,7-9,16H,3-4,6H2,1-2H3,(H2,15,17)(H,18,19);6,9H,2-5H2,1H3,(H,10,11)(H,12,13)/t7?,8-,9+;6-/m10/s1. The molecule has 186 valence electrons. The first kappa shape index (κ1) is 31.6. The first-order valence-corrected chi connectivity index (χ1v) is 10.4. The van der Waals surface area contributed by atoms with Crippen LogP contribution in [0.25, 0.3) is 0 Å². The minimum absolute atomic E-state index is 0.0381. The highest BCUT2D eigenvalue weighted by atomic mass is 19.3. The fraction of sp³-hybridized carbons (Fsp3) is 0.700. The van der Waals surface area contributed by atoms with Gasteiger partial charge in [0.25, 0.3) is 6.08 Å². The number of nitrogens with two attached hydrogens (primary N) is 1. The lowest BCUT2D eigenvalue weighted by Gasteiger charge is -2.22. The summed E-state index contributed by atoms with van der Waals surface area (Å²) in [4.78, 5) is 42.6. The molecule has 32 heavy (non-hydrogen) atoms. The van der Waals surface area contributed by atoms with Crippen LogP contribution in [0.5, 0.6) is 0 Å². The summed E-state index contributed by atoms with van der Waals surface area (Å²) >= 11 is 0. The van der Waals surface area contributed by atoms with Crippen LogP contribution in [-0.2, 0) is 19.2 Å². The number of aliphatic carboxylic acids is 3. The van der Waals surface area contributed by atoms with Crippen LogP contribution in [-0.4, -0.2) is 64.3 Å². The number of carboxylic acids is 3. The third-order valence-corrected chi connectivity index (χ3v) is 4.63. The first-order valence-electron chi connectivity index (χ1n) is 10.4. The zero-order valence-corrected chi connectivity index (χ0v) is 18.6. The van der Waals surface area contributed by atoms with E-state index in [1.54, 1.807) is 20.8 Å². The molecule has 7 N–H and O–H groups in total. The van der Waals surface area contributed by atoms with Gasteiger partial charge in [-0.2, -0.15) is 8.78 Å². The second-order valence-electron chi connectivity index (χ2n) is 7.00. The molecule has 0 rings (SSSR count). The number of carbonyl (C=O) groups excluding carboxylic acids is 1. The van der Waals surface area contributed by atoms with Gasteiger partial charge in [0.15, 0.2) is 0 Å². The van der Waals surface area contributed by atoms with Crippen LogP contribution in [0.4, 0.5) is 8.78 Å². The van der Waals surface area contributed by atoms with E-state index in [-0.39, 0.29) is 19.4 Å². The fourth-order valence-corrected chi connectivity index (χ4v) is 2.79. The van der Waals surface area contributed by atoms with Crippen molar-refractivity contribution in [1.82, 2.24) is 10.6 Å². The summed E-state index contributed by atoms with van der Waals surface area (Å²) in [7, 11) is 0. The Balaban J connectivity index is 0. The number of primary amides is 1. The van der Waals surface area contributed by atoms with Crippen molar-refractivity contribution in [3.05, 3.63) is 12.2 Å². The van der Waals surface area contributed by atoms with Crippen LogP contribution >= 0.6 is 0 Å². The molecule has 0 bridgehead atoms. The van der Waals surface area contributed by atoms with Gasteiger partial charge in [0, 0.05) is 18.9 Å². The van der Waals surface area contributed by atoms with Crippen molar-refractivity contribution >= 4 is 23.8 Å². The van der Waals surface area contributed by atoms with Gasteiger partial charge in [-0.25, -0.2) is 0 Å². The van der Waals surface area contributed by atoms with E-state index in [1.165, 1.54) is 0 Å². The van der Waals surface area contributed by atoms with Gasteiger partial charge < -0.3 is 31.7 Å². The molecular weight excluding hydrogens is 432 g/mol. The molecule has 0 aliphatic heterocycles. The Morgan fingerprint density at radius 3 is 1.81 bits per heavy atom. The lowest BCUT2D eigenvalue weighted by Crippen LogP contribution is -2.44. The smallest absolute Gasteiger partial charge is 0.320 e. The molecule has 1 amide bonds. The van der Waals surface area contributed by atoms with Crippen molar-refractivity contribution < 1.29 is 43.3 Å². The maximum atomic E-state index is 12.4. The fourth-order valence-electron chi connectivity index (χ4n) is 2.79. The Kier molecular flexibility index (Phi) is 17.8. The van der Waals surface area contributed by atoms with Crippen LogP contribution < -0.4 is 16.4 Å². The van der Waals surface area contributed by atoms with Crippen molar-refractivity contribution in [2.45, 2.75) is 65.0 Å². The minimum atomic E-state index is -1.93. The molecule has 4 atom stereocenters. The summed E-state index contributed by atoms with van der Waals surface area (Å²) in [5.74, 6) is -5.29. The summed E-state index contributed by atoms with van der Waals surface area (Å²) in [6, 6.07) is -1.21. The van der Waals surface area contributed by atoms with Crippen molar-refractivity contribution in [3.63, 3.8) is 0 Å². The average molecular weight is 468 g/mol. The predicted octanol–water partition coefficient (Wildman–Crippen LogP) is 1.65. The Morgan fingerprint density at radius 1 is 0.906 bits per heavy atom. The molecule has 0 aliphatic rings. The van der Waals surface area contributed by atoms with Crippen LogP contribution in [0.1, 0.15) is 52.9 Å². The molecule has 0 saturated carbocycles. The van der Waals surface area contributed by atoms with Gasteiger partial charge in [0.1, 0.15) is 6.04 Å². The van der Waals surface area contributed by atoms with Crippen molar-refractivity contribution in [2.75, 3.05) is 13.1 Å². The van der Waals surface area contributed by atoms with Gasteiger partial charge in [-0.05, 0) is 38.3 Å². The van der Waals surface area contributed by atoms with Gasteiger partial charge in [-0.1, -0.05) is 20.8 Å². The van der Waals surface area contributed by atoms with E-state index in [1.807, 2.05) is 0 Å². The monoisotopic (exact) mass is 467 g/mol. The van der Waals surface area contributed by atoms with Crippen molar-refractivity contribution in [3.8, 4) is 0 Å². The maximum Gasteiger partial charge on any atom is 0.320 e. The van der Waals surface area contributed by atoms with Crippen LogP contribution in [0.3, 0.4) is 0 Å². The van der Waals surface area contributed by atoms with Gasteiger partial charge in [-0.15, -0.1) is 0 Å². The van der Waals surface area contributed by atoms with Gasteiger partial charge >= 0.3 is 17.9 Å². The zero-order valence-electron chi connectivity index (χ0n) is 18.6. The van der Waals surface area contributed by atoms with E-state index in [2.05, 4.69) is 10.6 Å². The van der Waals surface area contributed by atoms with E-state index >= 15 is 0 Å². The highest BCUT2D eigenvalue weighted by Gasteiger charge is 2.27. The molecule has 0 aromatic carbocycles. The van der Waals surface area contributed by atoms with Gasteiger partial charge in [0.05, 0.1) is 12.0 Å². The third kappa shape index (κ3) is 15.2. The molecule has 0 spiro atoms. The Morgan fingerprint density at radius 2 is 1.47 bits per heavy atom. The van der Waals surface area contributed by atoms with E-state index in [0.717, 1.165) is 0 Å². The normalized spacial score (nSPS) is 14.2. The number of carbonyl (C=O) groups is 4. The number of nitrogens with one attached hydrogen (secondary N) is 2. The van der Waals surface area contributed by atoms with Crippen LogP contribution in [0.15, 0.2) is 12.2 Å². The molecule has 0 aliphatic carbocycles. The third-order valence-electron chi connectivity index (χ3n) is 4.63. The number of hydrogen-bond donors (Lipinski definition) is 6. The Labute approximate surface area is 186 Å². The second kappa shape index (κ2) is 18.0. The molecule has 0 aromatic heterocycles. The quantitative estimate of drug-likeness (QED) is 0.184. The lowest BCUT2D eigenvalue weighted by atomic mass is 9.89. The molecule has 0 aromatic rings. The number of carboxylic acid groups (broad SMARTS) is 3. The summed E-state index contributed by atoms with van der Waals surface area (Å²) in [5, 5.41) is 31.4. The second-order valence-corrected chi connectivity index (χ2v) is 7.00. The van der Waals surface area contributed by atoms with Crippen molar-refractivity contribution in [1.29, 1.82) is 0 Å². The topological polar surface area (TPSA) is 179 Å². The molecule has 0 saturated heterocycles. The van der Waals surface area contributed by atoms with Crippen LogP contribution in [0.2, 0.25) is 0 Å². The number of amides is 1. The molecule has 1 unspecified atom stereocenters. The molecular formula is C20H35F2N3O7. The Bertz CT molecular complexity index is 628. The molecule has 0 fully saturated rings. The maximum absolute atomic E-state index is 12.4. The van der Waals surface area contributed by atoms with Crippen LogP contribution in [0, 0.1) is 11.8 Å². The lowest BCUT2D eigenvalue weighted by molar-refractivity contribution is -0.143. The minimum Gasteiger partial charge on any atom is -0.481 e. The van der Waals surface area contributed by atoms with E-state index in [9.17, 15) is 28.0 Å². The predicted molar refractivity (Wildman–Crippen MR) is 113 cm³/mol. The number of halogens is 2.